The van der Waals surface area contributed by atoms with Crippen molar-refractivity contribution in [2.24, 2.45) is 0 Å². The molecule has 3 aromatic rings. The van der Waals surface area contributed by atoms with Crippen LogP contribution in [0, 0.1) is 0 Å². The van der Waals surface area contributed by atoms with E-state index in [4.69, 9.17) is 34.8 Å². The first-order chi connectivity index (χ1) is 10.1. The molecular weight excluding hydrogens is 325 g/mol. The molecule has 1 N–H and O–H groups in total. The van der Waals surface area contributed by atoms with Gasteiger partial charge in [0.15, 0.2) is 0 Å². The monoisotopic (exact) mass is 335 g/mol. The van der Waals surface area contributed by atoms with Crippen molar-refractivity contribution in [3.63, 3.8) is 0 Å². The lowest BCUT2D eigenvalue weighted by Crippen LogP contribution is -2.02. The number of benzene rings is 3. The fraction of sp³-hybridized carbons (Fsp3) is 0.0588. The maximum Gasteiger partial charge on any atom is 0.216 e. The van der Waals surface area contributed by atoms with E-state index in [1.807, 2.05) is 66.7 Å². The van der Waals surface area contributed by atoms with Gasteiger partial charge in [-0.2, -0.15) is 0 Å². The molecule has 1 nitrogen and oxygen atoms in total. The Labute approximate surface area is 138 Å². The van der Waals surface area contributed by atoms with Gasteiger partial charge in [0.2, 0.25) is 3.79 Å². The normalized spacial score (nSPS) is 11.6. The number of nitrogens with one attached hydrogen (secondary N) is 1. The first-order valence-corrected chi connectivity index (χ1v) is 7.60. The smallest absolute Gasteiger partial charge is 0.216 e. The number of halogens is 3. The molecule has 0 aliphatic heterocycles. The van der Waals surface area contributed by atoms with Gasteiger partial charge in [0.05, 0.1) is 0 Å². The lowest BCUT2D eigenvalue weighted by atomic mass is 10.0. The van der Waals surface area contributed by atoms with E-state index in [0.29, 0.717) is 5.56 Å². The molecule has 0 saturated carbocycles. The van der Waals surface area contributed by atoms with Crippen molar-refractivity contribution in [1.82, 2.24) is 0 Å². The fourth-order valence-electron chi connectivity index (χ4n) is 2.33. The predicted octanol–water partition coefficient (Wildman–Crippen LogP) is 6.41. The standard InChI is InChI=1S/C17H12Cl3N/c18-17(19,20)15-10-11-16(14-9-5-4-8-13(14)15)21-12-6-2-1-3-7-12/h1-11,21H. The van der Waals surface area contributed by atoms with Crippen LogP contribution >= 0.6 is 34.8 Å². The highest BCUT2D eigenvalue weighted by Gasteiger charge is 2.25. The number of para-hydroxylation sites is 1. The van der Waals surface area contributed by atoms with Crippen molar-refractivity contribution in [3.05, 3.63) is 72.3 Å². The zero-order chi connectivity index (χ0) is 14.9. The minimum atomic E-state index is -1.44. The fourth-order valence-corrected chi connectivity index (χ4v) is 2.83. The van der Waals surface area contributed by atoms with Crippen LogP contribution in [0.15, 0.2) is 66.7 Å². The van der Waals surface area contributed by atoms with Crippen molar-refractivity contribution in [2.75, 3.05) is 5.32 Å². The van der Waals surface area contributed by atoms with Gasteiger partial charge in [0.1, 0.15) is 0 Å². The van der Waals surface area contributed by atoms with E-state index in [1.165, 1.54) is 0 Å². The van der Waals surface area contributed by atoms with Crippen molar-refractivity contribution in [2.45, 2.75) is 3.79 Å². The summed E-state index contributed by atoms with van der Waals surface area (Å²) in [5.41, 5.74) is 2.68. The number of rotatable bonds is 2. The van der Waals surface area contributed by atoms with E-state index in [-0.39, 0.29) is 0 Å². The molecule has 0 aliphatic rings. The zero-order valence-electron chi connectivity index (χ0n) is 11.0. The van der Waals surface area contributed by atoms with Gasteiger partial charge in [-0.3, -0.25) is 0 Å². The van der Waals surface area contributed by atoms with Gasteiger partial charge in [0, 0.05) is 22.3 Å². The molecule has 3 aromatic carbocycles. The topological polar surface area (TPSA) is 12.0 Å². The number of hydrogen-bond acceptors (Lipinski definition) is 1. The molecule has 0 aromatic heterocycles. The maximum atomic E-state index is 6.06. The minimum absolute atomic E-state index is 0.682. The van der Waals surface area contributed by atoms with E-state index in [1.54, 1.807) is 0 Å². The van der Waals surface area contributed by atoms with Gasteiger partial charge in [-0.25, -0.2) is 0 Å². The second-order valence-corrected chi connectivity index (χ2v) is 6.98. The molecule has 0 radical (unpaired) electrons. The molecule has 0 heterocycles. The molecule has 0 amide bonds. The van der Waals surface area contributed by atoms with Gasteiger partial charge >= 0.3 is 0 Å². The maximum absolute atomic E-state index is 6.06. The molecule has 0 aliphatic carbocycles. The SMILES string of the molecule is ClC(Cl)(Cl)c1ccc(Nc2ccccc2)c2ccccc12. The second kappa shape index (κ2) is 5.76. The Morgan fingerprint density at radius 2 is 1.29 bits per heavy atom. The molecule has 0 saturated heterocycles. The van der Waals surface area contributed by atoms with E-state index in [2.05, 4.69) is 5.32 Å². The molecule has 0 unspecified atom stereocenters. The van der Waals surface area contributed by atoms with E-state index >= 15 is 0 Å². The van der Waals surface area contributed by atoms with Crippen LogP contribution in [0.1, 0.15) is 5.56 Å². The third-order valence-corrected chi connectivity index (χ3v) is 3.89. The zero-order valence-corrected chi connectivity index (χ0v) is 13.3. The van der Waals surface area contributed by atoms with Gasteiger partial charge in [-0.1, -0.05) is 83.3 Å². The van der Waals surface area contributed by atoms with E-state index < -0.39 is 3.79 Å². The molecular formula is C17H12Cl3N. The van der Waals surface area contributed by atoms with Gasteiger partial charge < -0.3 is 5.32 Å². The molecule has 3 rings (SSSR count). The van der Waals surface area contributed by atoms with Crippen LogP contribution in [0.4, 0.5) is 11.4 Å². The summed E-state index contributed by atoms with van der Waals surface area (Å²) in [7, 11) is 0. The van der Waals surface area contributed by atoms with Crippen molar-refractivity contribution in [1.29, 1.82) is 0 Å². The summed E-state index contributed by atoms with van der Waals surface area (Å²) in [6.07, 6.45) is 0. The molecule has 0 spiro atoms. The number of hydrogen-bond donors (Lipinski definition) is 1. The molecule has 4 heteroatoms. The van der Waals surface area contributed by atoms with Crippen molar-refractivity contribution >= 4 is 57.0 Å². The Balaban J connectivity index is 2.14. The summed E-state index contributed by atoms with van der Waals surface area (Å²) in [6.45, 7) is 0. The van der Waals surface area contributed by atoms with Crippen LogP contribution in [0.2, 0.25) is 0 Å². The number of anilines is 2. The summed E-state index contributed by atoms with van der Waals surface area (Å²) >= 11 is 18.2. The summed E-state index contributed by atoms with van der Waals surface area (Å²) in [4.78, 5) is 0. The lowest BCUT2D eigenvalue weighted by molar-refractivity contribution is 1.27. The number of alkyl halides is 3. The molecule has 0 fully saturated rings. The van der Waals surface area contributed by atoms with Crippen molar-refractivity contribution < 1.29 is 0 Å². The largest absolute Gasteiger partial charge is 0.355 e. The summed E-state index contributed by atoms with van der Waals surface area (Å²) in [5.74, 6) is 0. The second-order valence-electron chi connectivity index (χ2n) is 4.70. The Bertz CT molecular complexity index is 764. The molecule has 106 valence electrons. The quantitative estimate of drug-likeness (QED) is 0.533. The molecule has 0 bridgehead atoms. The highest BCUT2D eigenvalue weighted by Crippen LogP contribution is 2.43. The van der Waals surface area contributed by atoms with Gasteiger partial charge in [-0.15, -0.1) is 0 Å². The Kier molecular flexibility index (Phi) is 3.99. The summed E-state index contributed by atoms with van der Waals surface area (Å²) in [5, 5.41) is 5.34. The van der Waals surface area contributed by atoms with Gasteiger partial charge in [0.25, 0.3) is 0 Å². The third kappa shape index (κ3) is 3.11. The van der Waals surface area contributed by atoms with E-state index in [9.17, 15) is 0 Å². The molecule has 0 atom stereocenters. The first kappa shape index (κ1) is 14.5. The van der Waals surface area contributed by atoms with Crippen molar-refractivity contribution in [3.8, 4) is 0 Å². The Morgan fingerprint density at radius 1 is 0.667 bits per heavy atom. The Morgan fingerprint density at radius 3 is 1.95 bits per heavy atom. The predicted molar refractivity (Wildman–Crippen MR) is 92.9 cm³/mol. The lowest BCUT2D eigenvalue weighted by Gasteiger charge is -2.17. The van der Waals surface area contributed by atoms with Gasteiger partial charge in [-0.05, 0) is 23.6 Å². The highest BCUT2D eigenvalue weighted by atomic mass is 35.6. The third-order valence-electron chi connectivity index (χ3n) is 3.28. The minimum Gasteiger partial charge on any atom is -0.355 e. The van der Waals surface area contributed by atoms with Crippen LogP contribution < -0.4 is 5.32 Å². The van der Waals surface area contributed by atoms with Crippen LogP contribution in [-0.2, 0) is 3.79 Å². The average molecular weight is 337 g/mol. The van der Waals surface area contributed by atoms with E-state index in [0.717, 1.165) is 22.1 Å². The average Bonchev–Trinajstić information content (AvgIpc) is 2.47. The summed E-state index contributed by atoms with van der Waals surface area (Å²) in [6, 6.07) is 21.6. The molecule has 21 heavy (non-hydrogen) atoms. The Hall–Kier alpha value is -1.41. The first-order valence-electron chi connectivity index (χ1n) is 6.47. The van der Waals surface area contributed by atoms with Crippen LogP contribution in [0.5, 0.6) is 0 Å². The highest BCUT2D eigenvalue weighted by molar-refractivity contribution is 6.67. The van der Waals surface area contributed by atoms with Crippen LogP contribution in [0.3, 0.4) is 0 Å². The summed E-state index contributed by atoms with van der Waals surface area (Å²) < 4.78 is -1.44. The van der Waals surface area contributed by atoms with Crippen LogP contribution in [-0.4, -0.2) is 0 Å². The van der Waals surface area contributed by atoms with Crippen LogP contribution in [0.25, 0.3) is 10.8 Å². The number of fused-ring (bicyclic) bond motifs is 1.